The average Bonchev–Trinajstić information content (AvgIpc) is 2.60. The van der Waals surface area contributed by atoms with E-state index in [1.165, 1.54) is 20.0 Å². The van der Waals surface area contributed by atoms with Crippen LogP contribution >= 0.6 is 0 Å². The summed E-state index contributed by atoms with van der Waals surface area (Å²) in [5.74, 6) is 0.751. The van der Waals surface area contributed by atoms with Crippen LogP contribution in [-0.4, -0.2) is 42.1 Å². The van der Waals surface area contributed by atoms with Gasteiger partial charge in [0.25, 0.3) is 0 Å². The van der Waals surface area contributed by atoms with Gasteiger partial charge in [-0.15, -0.1) is 0 Å². The third kappa shape index (κ3) is 4.39. The molecule has 0 spiro atoms. The number of ether oxygens (including phenoxy) is 1. The third-order valence-electron chi connectivity index (χ3n) is 5.10. The first-order chi connectivity index (χ1) is 11.0. The summed E-state index contributed by atoms with van der Waals surface area (Å²) in [6.45, 7) is 10.1. The normalized spacial score (nSPS) is 27.1. The molecule has 2 amide bonds. The van der Waals surface area contributed by atoms with Crippen LogP contribution in [0.15, 0.2) is 0 Å². The van der Waals surface area contributed by atoms with Crippen LogP contribution in [0.5, 0.6) is 0 Å². The van der Waals surface area contributed by atoms with Gasteiger partial charge in [0.2, 0.25) is 5.91 Å². The molecule has 0 aromatic carbocycles. The molecule has 5 heteroatoms. The van der Waals surface area contributed by atoms with E-state index >= 15 is 0 Å². The summed E-state index contributed by atoms with van der Waals surface area (Å²) in [4.78, 5) is 26.6. The van der Waals surface area contributed by atoms with Crippen molar-refractivity contribution in [2.75, 3.05) is 7.11 Å². The summed E-state index contributed by atoms with van der Waals surface area (Å²) < 4.78 is 4.66. The molecular weight excluding hydrogens is 292 g/mol. The van der Waals surface area contributed by atoms with E-state index in [1.807, 2.05) is 27.7 Å². The number of amides is 2. The largest absolute Gasteiger partial charge is 0.453 e. The van der Waals surface area contributed by atoms with Crippen molar-refractivity contribution in [1.82, 2.24) is 10.2 Å². The second kappa shape index (κ2) is 9.14. The zero-order valence-electron chi connectivity index (χ0n) is 15.6. The second-order valence-corrected chi connectivity index (χ2v) is 6.65. The molecule has 2 atom stereocenters. The lowest BCUT2D eigenvalue weighted by molar-refractivity contribution is -0.148. The maximum absolute atomic E-state index is 13.0. The zero-order valence-corrected chi connectivity index (χ0v) is 15.6. The van der Waals surface area contributed by atoms with Crippen LogP contribution in [0.25, 0.3) is 0 Å². The van der Waals surface area contributed by atoms with Gasteiger partial charge < -0.3 is 15.0 Å². The molecule has 0 aromatic rings. The number of nitrogens with one attached hydrogen (secondary N) is 1. The smallest absolute Gasteiger partial charge is 0.407 e. The van der Waals surface area contributed by atoms with Gasteiger partial charge in [-0.1, -0.05) is 34.6 Å². The number of nitrogens with zero attached hydrogens (tertiary/aromatic N) is 1. The zero-order chi connectivity index (χ0) is 17.6. The molecule has 1 N–H and O–H groups in total. The Bertz CT molecular complexity index is 390. The highest BCUT2D eigenvalue weighted by Crippen LogP contribution is 2.41. The number of carbonyl (C=O) groups excluding carboxylic acids is 2. The Hall–Kier alpha value is -1.26. The molecule has 5 nitrogen and oxygen atoms in total. The van der Waals surface area contributed by atoms with E-state index in [2.05, 4.69) is 21.9 Å². The summed E-state index contributed by atoms with van der Waals surface area (Å²) in [6.07, 6.45) is 5.16. The molecule has 2 aliphatic heterocycles. The average molecular weight is 326 g/mol. The van der Waals surface area contributed by atoms with Crippen LogP contribution in [0.2, 0.25) is 0 Å². The summed E-state index contributed by atoms with van der Waals surface area (Å²) in [6, 6.07) is 0.199. The van der Waals surface area contributed by atoms with Crippen molar-refractivity contribution in [3.63, 3.8) is 0 Å². The third-order valence-corrected chi connectivity index (χ3v) is 5.10. The molecule has 2 bridgehead atoms. The molecule has 2 heterocycles. The lowest BCUT2D eigenvalue weighted by Gasteiger charge is -2.52. The van der Waals surface area contributed by atoms with Gasteiger partial charge in [-0.2, -0.15) is 0 Å². The first-order valence-corrected chi connectivity index (χ1v) is 9.16. The second-order valence-electron chi connectivity index (χ2n) is 6.65. The predicted molar refractivity (Wildman–Crippen MR) is 92.2 cm³/mol. The first kappa shape index (κ1) is 19.8. The lowest BCUT2D eigenvalue weighted by atomic mass is 9.73. The monoisotopic (exact) mass is 326 g/mol. The maximum Gasteiger partial charge on any atom is 0.407 e. The van der Waals surface area contributed by atoms with Gasteiger partial charge in [0.05, 0.1) is 7.11 Å². The minimum atomic E-state index is -0.530. The van der Waals surface area contributed by atoms with E-state index in [-0.39, 0.29) is 11.8 Å². The molecule has 134 valence electrons. The van der Waals surface area contributed by atoms with Gasteiger partial charge in [0.15, 0.2) is 0 Å². The highest BCUT2D eigenvalue weighted by atomic mass is 16.5. The predicted octanol–water partition coefficient (Wildman–Crippen LogP) is 3.57. The fourth-order valence-corrected chi connectivity index (χ4v) is 4.00. The molecular formula is C18H34N2O3. The fraction of sp³-hybridized carbons (Fsp3) is 0.889. The van der Waals surface area contributed by atoms with E-state index < -0.39 is 12.1 Å². The highest BCUT2D eigenvalue weighted by molar-refractivity contribution is 5.86. The number of carbonyl (C=O) groups is 2. The summed E-state index contributed by atoms with van der Waals surface area (Å²) in [5.41, 5.74) is 0. The van der Waals surface area contributed by atoms with Crippen molar-refractivity contribution in [3.05, 3.63) is 0 Å². The maximum atomic E-state index is 13.0. The molecule has 0 unspecified atom stereocenters. The molecule has 2 saturated heterocycles. The van der Waals surface area contributed by atoms with Gasteiger partial charge in [-0.25, -0.2) is 4.79 Å². The van der Waals surface area contributed by atoms with E-state index in [1.54, 1.807) is 0 Å². The Kier molecular flexibility index (Phi) is 7.86. The summed E-state index contributed by atoms with van der Waals surface area (Å²) in [5, 5.41) is 2.71. The lowest BCUT2D eigenvalue weighted by Crippen LogP contribution is -2.62. The molecule has 23 heavy (non-hydrogen) atoms. The topological polar surface area (TPSA) is 58.6 Å². The minimum absolute atomic E-state index is 0.0505. The quantitative estimate of drug-likeness (QED) is 0.859. The van der Waals surface area contributed by atoms with Crippen molar-refractivity contribution < 1.29 is 14.3 Å². The number of fused-ring (bicyclic) bond motifs is 3. The van der Waals surface area contributed by atoms with Gasteiger partial charge in [0.1, 0.15) is 6.04 Å². The Balaban J connectivity index is 0.00000127. The van der Waals surface area contributed by atoms with E-state index in [4.69, 9.17) is 0 Å². The fourth-order valence-electron chi connectivity index (χ4n) is 4.00. The van der Waals surface area contributed by atoms with Gasteiger partial charge in [-0.3, -0.25) is 4.79 Å². The number of rotatable bonds is 4. The molecule has 1 saturated carbocycles. The van der Waals surface area contributed by atoms with E-state index in [0.29, 0.717) is 18.0 Å². The Morgan fingerprint density at radius 2 is 1.74 bits per heavy atom. The number of alkyl carbamates (subject to hydrolysis) is 1. The van der Waals surface area contributed by atoms with Crippen LogP contribution in [0.4, 0.5) is 4.79 Å². The van der Waals surface area contributed by atoms with Crippen LogP contribution in [-0.2, 0) is 9.53 Å². The molecule has 3 aliphatic rings. The number of hydrogen-bond acceptors (Lipinski definition) is 3. The van der Waals surface area contributed by atoms with Crippen LogP contribution in [0.3, 0.4) is 0 Å². The number of piperidine rings is 2. The van der Waals surface area contributed by atoms with Crippen molar-refractivity contribution in [1.29, 1.82) is 0 Å². The standard InChI is InChI=1S/C16H28N2O3.C2H6/c1-5-13-11-6-8-12(9-7-11)18(13)15(19)14(10(2)3)17-16(20)21-4;1-2/h10-14H,5-9H2,1-4H3,(H,17,20);1-2H3/t11?,12?,13-,14+;/m1./s1. The molecule has 0 aromatic heterocycles. The van der Waals surface area contributed by atoms with Crippen molar-refractivity contribution in [2.45, 2.75) is 84.8 Å². The van der Waals surface area contributed by atoms with Crippen molar-refractivity contribution in [2.24, 2.45) is 11.8 Å². The Morgan fingerprint density at radius 1 is 1.17 bits per heavy atom. The Morgan fingerprint density at radius 3 is 2.17 bits per heavy atom. The van der Waals surface area contributed by atoms with E-state index in [9.17, 15) is 9.59 Å². The van der Waals surface area contributed by atoms with Crippen LogP contribution in [0.1, 0.15) is 66.7 Å². The number of hydrogen-bond donors (Lipinski definition) is 1. The SMILES string of the molecule is CC.CC[C@@H]1C2CCC(CC2)N1C(=O)[C@@H](NC(=O)OC)C(C)C. The van der Waals surface area contributed by atoms with Crippen LogP contribution in [0, 0.1) is 11.8 Å². The number of methoxy groups -OCH3 is 1. The van der Waals surface area contributed by atoms with Gasteiger partial charge >= 0.3 is 6.09 Å². The minimum Gasteiger partial charge on any atom is -0.453 e. The van der Waals surface area contributed by atoms with Crippen LogP contribution < -0.4 is 5.32 Å². The highest BCUT2D eigenvalue weighted by Gasteiger charge is 2.45. The Labute approximate surface area is 141 Å². The summed E-state index contributed by atoms with van der Waals surface area (Å²) >= 11 is 0. The van der Waals surface area contributed by atoms with Gasteiger partial charge in [0, 0.05) is 12.1 Å². The van der Waals surface area contributed by atoms with E-state index in [0.717, 1.165) is 19.3 Å². The summed E-state index contributed by atoms with van der Waals surface area (Å²) in [7, 11) is 1.33. The molecule has 3 rings (SSSR count). The molecule has 0 radical (unpaired) electrons. The van der Waals surface area contributed by atoms with Gasteiger partial charge in [-0.05, 0) is 43.9 Å². The van der Waals surface area contributed by atoms with Crippen molar-refractivity contribution >= 4 is 12.0 Å². The molecule has 3 fully saturated rings. The first-order valence-electron chi connectivity index (χ1n) is 9.16. The molecule has 1 aliphatic carbocycles. The van der Waals surface area contributed by atoms with Crippen molar-refractivity contribution in [3.8, 4) is 0 Å².